The average Bonchev–Trinajstić information content (AvgIpc) is 2.45. The van der Waals surface area contributed by atoms with Crippen molar-refractivity contribution in [1.29, 1.82) is 0 Å². The Balaban J connectivity index is 0.000000509. The van der Waals surface area contributed by atoms with E-state index in [0.717, 1.165) is 11.8 Å². The molecule has 0 atom stereocenters. The summed E-state index contributed by atoms with van der Waals surface area (Å²) in [6, 6.07) is 0. The third-order valence-corrected chi connectivity index (χ3v) is 3.97. The molecule has 2 saturated carbocycles. The summed E-state index contributed by atoms with van der Waals surface area (Å²) >= 11 is 0. The highest BCUT2D eigenvalue weighted by Gasteiger charge is 2.24. The molecule has 16 heavy (non-hydrogen) atoms. The zero-order valence-corrected chi connectivity index (χ0v) is 12.2. The van der Waals surface area contributed by atoms with E-state index in [2.05, 4.69) is 0 Å². The molecular formula is C16H34. The summed E-state index contributed by atoms with van der Waals surface area (Å²) in [5, 5.41) is 0. The fourth-order valence-electron chi connectivity index (χ4n) is 3.21. The van der Waals surface area contributed by atoms with Gasteiger partial charge in [0.1, 0.15) is 0 Å². The van der Waals surface area contributed by atoms with Crippen LogP contribution in [-0.4, -0.2) is 0 Å². The summed E-state index contributed by atoms with van der Waals surface area (Å²) in [4.78, 5) is 0. The van der Waals surface area contributed by atoms with Crippen LogP contribution < -0.4 is 0 Å². The van der Waals surface area contributed by atoms with E-state index < -0.39 is 0 Å². The van der Waals surface area contributed by atoms with Crippen LogP contribution in [0.25, 0.3) is 0 Å². The predicted molar refractivity (Wildman–Crippen MR) is 75.8 cm³/mol. The van der Waals surface area contributed by atoms with Gasteiger partial charge >= 0.3 is 0 Å². The van der Waals surface area contributed by atoms with Gasteiger partial charge in [-0.15, -0.1) is 0 Å². The molecule has 2 aliphatic rings. The smallest absolute Gasteiger partial charge is 0.0386 e. The summed E-state index contributed by atoms with van der Waals surface area (Å²) in [7, 11) is 0. The SMILES string of the molecule is C1CCC(C2CCCCC2)CC1.CC.CC. The maximum Gasteiger partial charge on any atom is -0.0386 e. The Morgan fingerprint density at radius 1 is 0.438 bits per heavy atom. The van der Waals surface area contributed by atoms with E-state index >= 15 is 0 Å². The first kappa shape index (κ1) is 16.0. The highest BCUT2D eigenvalue weighted by molar-refractivity contribution is 4.76. The van der Waals surface area contributed by atoms with Crippen LogP contribution in [0.15, 0.2) is 0 Å². The fraction of sp³-hybridized carbons (Fsp3) is 1.00. The van der Waals surface area contributed by atoms with Gasteiger partial charge in [-0.3, -0.25) is 0 Å². The van der Waals surface area contributed by atoms with E-state index in [1.807, 2.05) is 27.7 Å². The van der Waals surface area contributed by atoms with Crippen molar-refractivity contribution in [1.82, 2.24) is 0 Å². The normalized spacial score (nSPS) is 22.5. The molecule has 2 fully saturated rings. The molecule has 0 amide bonds. The van der Waals surface area contributed by atoms with Gasteiger partial charge in [-0.05, 0) is 11.8 Å². The lowest BCUT2D eigenvalue weighted by Crippen LogP contribution is -2.20. The van der Waals surface area contributed by atoms with Crippen LogP contribution in [0.4, 0.5) is 0 Å². The van der Waals surface area contributed by atoms with Gasteiger partial charge in [0, 0.05) is 0 Å². The first-order chi connectivity index (χ1) is 7.97. The summed E-state index contributed by atoms with van der Waals surface area (Å²) < 4.78 is 0. The quantitative estimate of drug-likeness (QED) is 0.499. The van der Waals surface area contributed by atoms with Gasteiger partial charge in [0.05, 0.1) is 0 Å². The molecule has 0 aromatic heterocycles. The zero-order chi connectivity index (χ0) is 12.2. The van der Waals surface area contributed by atoms with E-state index in [1.54, 1.807) is 25.7 Å². The molecule has 0 heterocycles. The van der Waals surface area contributed by atoms with Crippen molar-refractivity contribution in [3.8, 4) is 0 Å². The van der Waals surface area contributed by atoms with E-state index in [-0.39, 0.29) is 0 Å². The Morgan fingerprint density at radius 2 is 0.688 bits per heavy atom. The standard InChI is InChI=1S/C12H22.2C2H6/c1-3-7-11(8-4-1)12-9-5-2-6-10-12;2*1-2/h11-12H,1-10H2;2*1-2H3. The Kier molecular flexibility index (Phi) is 11.5. The van der Waals surface area contributed by atoms with E-state index in [1.165, 1.54) is 38.5 Å². The third-order valence-electron chi connectivity index (χ3n) is 3.97. The zero-order valence-electron chi connectivity index (χ0n) is 12.2. The van der Waals surface area contributed by atoms with Gasteiger partial charge in [0.2, 0.25) is 0 Å². The Hall–Kier alpha value is 0. The molecule has 0 aliphatic heterocycles. The van der Waals surface area contributed by atoms with Crippen LogP contribution in [0.5, 0.6) is 0 Å². The lowest BCUT2D eigenvalue weighted by atomic mass is 9.73. The summed E-state index contributed by atoms with van der Waals surface area (Å²) in [6.07, 6.45) is 15.4. The third kappa shape index (κ3) is 5.92. The first-order valence-electron chi connectivity index (χ1n) is 7.97. The van der Waals surface area contributed by atoms with Crippen LogP contribution in [0.2, 0.25) is 0 Å². The van der Waals surface area contributed by atoms with E-state index in [0.29, 0.717) is 0 Å². The van der Waals surface area contributed by atoms with Crippen LogP contribution in [0.3, 0.4) is 0 Å². The largest absolute Gasteiger partial charge is 0.0683 e. The van der Waals surface area contributed by atoms with Crippen LogP contribution in [0, 0.1) is 11.8 Å². The highest BCUT2D eigenvalue weighted by atomic mass is 14.3. The molecule has 2 aliphatic carbocycles. The lowest BCUT2D eigenvalue weighted by molar-refractivity contribution is 0.196. The second-order valence-electron chi connectivity index (χ2n) is 4.80. The molecule has 98 valence electrons. The van der Waals surface area contributed by atoms with Crippen molar-refractivity contribution in [3.63, 3.8) is 0 Å². The van der Waals surface area contributed by atoms with E-state index in [4.69, 9.17) is 0 Å². The van der Waals surface area contributed by atoms with Crippen LogP contribution >= 0.6 is 0 Å². The van der Waals surface area contributed by atoms with Gasteiger partial charge in [-0.1, -0.05) is 91.9 Å². The molecule has 0 radical (unpaired) electrons. The van der Waals surface area contributed by atoms with Crippen molar-refractivity contribution >= 4 is 0 Å². The Morgan fingerprint density at radius 3 is 0.938 bits per heavy atom. The maximum atomic E-state index is 2.00. The highest BCUT2D eigenvalue weighted by Crippen LogP contribution is 2.37. The molecule has 0 bridgehead atoms. The van der Waals surface area contributed by atoms with Crippen molar-refractivity contribution in [2.24, 2.45) is 11.8 Å². The topological polar surface area (TPSA) is 0 Å². The Bertz CT molecular complexity index is 100. The fourth-order valence-corrected chi connectivity index (χ4v) is 3.21. The molecular weight excluding hydrogens is 192 g/mol. The number of rotatable bonds is 1. The van der Waals surface area contributed by atoms with Gasteiger partial charge in [-0.2, -0.15) is 0 Å². The van der Waals surface area contributed by atoms with Crippen LogP contribution in [0.1, 0.15) is 91.9 Å². The van der Waals surface area contributed by atoms with Gasteiger partial charge in [0.25, 0.3) is 0 Å². The summed E-state index contributed by atoms with van der Waals surface area (Å²) in [6.45, 7) is 8.00. The predicted octanol–water partition coefficient (Wildman–Crippen LogP) is 6.20. The molecule has 0 unspecified atom stereocenters. The average molecular weight is 226 g/mol. The first-order valence-corrected chi connectivity index (χ1v) is 7.97. The van der Waals surface area contributed by atoms with Crippen molar-refractivity contribution in [2.75, 3.05) is 0 Å². The lowest BCUT2D eigenvalue weighted by Gasteiger charge is -2.32. The van der Waals surface area contributed by atoms with Crippen molar-refractivity contribution < 1.29 is 0 Å². The van der Waals surface area contributed by atoms with Crippen LogP contribution in [-0.2, 0) is 0 Å². The molecule has 0 saturated heterocycles. The minimum atomic E-state index is 1.14. The van der Waals surface area contributed by atoms with Crippen molar-refractivity contribution in [2.45, 2.75) is 91.9 Å². The van der Waals surface area contributed by atoms with Gasteiger partial charge < -0.3 is 0 Å². The molecule has 0 aromatic rings. The molecule has 0 aromatic carbocycles. The van der Waals surface area contributed by atoms with Gasteiger partial charge in [-0.25, -0.2) is 0 Å². The summed E-state index contributed by atoms with van der Waals surface area (Å²) in [5.41, 5.74) is 0. The monoisotopic (exact) mass is 226 g/mol. The van der Waals surface area contributed by atoms with E-state index in [9.17, 15) is 0 Å². The minimum Gasteiger partial charge on any atom is -0.0683 e. The molecule has 0 N–H and O–H groups in total. The second kappa shape index (κ2) is 11.5. The Labute approximate surface area is 104 Å². The summed E-state index contributed by atoms with van der Waals surface area (Å²) in [5.74, 6) is 2.28. The number of hydrogen-bond donors (Lipinski definition) is 0. The minimum absolute atomic E-state index is 1.14. The maximum absolute atomic E-state index is 2.00. The molecule has 2 rings (SSSR count). The molecule has 0 spiro atoms. The number of hydrogen-bond acceptors (Lipinski definition) is 0. The van der Waals surface area contributed by atoms with Crippen molar-refractivity contribution in [3.05, 3.63) is 0 Å². The molecule has 0 heteroatoms. The van der Waals surface area contributed by atoms with Gasteiger partial charge in [0.15, 0.2) is 0 Å². The second-order valence-corrected chi connectivity index (χ2v) is 4.80. The molecule has 0 nitrogen and oxygen atoms in total.